The second kappa shape index (κ2) is 5.74. The molecule has 0 aliphatic rings. The zero-order valence-electron chi connectivity index (χ0n) is 11.8. The standard InChI is InChI=1S/C16H17NO3/c1-10(2)12-7-6-11(3)9-14(12)20-15-13(16(18)19)5-4-8-17-15/h4-10H,1-3H3,(H,18,19). The van der Waals surface area contributed by atoms with Crippen LogP contribution in [0.2, 0.25) is 0 Å². The molecule has 0 spiro atoms. The molecule has 0 aliphatic carbocycles. The Morgan fingerprint density at radius 3 is 2.70 bits per heavy atom. The first-order valence-corrected chi connectivity index (χ1v) is 6.45. The largest absolute Gasteiger partial charge is 0.477 e. The van der Waals surface area contributed by atoms with E-state index in [1.807, 2.05) is 25.1 Å². The minimum atomic E-state index is -1.05. The number of aromatic carboxylic acids is 1. The molecule has 0 saturated heterocycles. The van der Waals surface area contributed by atoms with Gasteiger partial charge in [-0.1, -0.05) is 26.0 Å². The van der Waals surface area contributed by atoms with Crippen molar-refractivity contribution < 1.29 is 14.6 Å². The highest BCUT2D eigenvalue weighted by Crippen LogP contribution is 2.31. The summed E-state index contributed by atoms with van der Waals surface area (Å²) in [4.78, 5) is 15.2. The Bertz CT molecular complexity index is 635. The Hall–Kier alpha value is -2.36. The maximum absolute atomic E-state index is 11.2. The van der Waals surface area contributed by atoms with E-state index in [0.29, 0.717) is 5.75 Å². The number of hydrogen-bond acceptors (Lipinski definition) is 3. The van der Waals surface area contributed by atoms with Gasteiger partial charge in [-0.05, 0) is 42.2 Å². The quantitative estimate of drug-likeness (QED) is 0.912. The fourth-order valence-corrected chi connectivity index (χ4v) is 1.95. The average molecular weight is 271 g/mol. The van der Waals surface area contributed by atoms with E-state index in [-0.39, 0.29) is 17.4 Å². The fraction of sp³-hybridized carbons (Fsp3) is 0.250. The lowest BCUT2D eigenvalue weighted by Gasteiger charge is -2.14. The van der Waals surface area contributed by atoms with E-state index in [0.717, 1.165) is 11.1 Å². The van der Waals surface area contributed by atoms with Crippen LogP contribution in [0.4, 0.5) is 0 Å². The van der Waals surface area contributed by atoms with Crippen molar-refractivity contribution in [2.75, 3.05) is 0 Å². The second-order valence-corrected chi connectivity index (χ2v) is 4.96. The van der Waals surface area contributed by atoms with E-state index in [1.54, 1.807) is 6.07 Å². The lowest BCUT2D eigenvalue weighted by Crippen LogP contribution is -2.03. The molecule has 0 fully saturated rings. The van der Waals surface area contributed by atoms with Gasteiger partial charge in [-0.3, -0.25) is 0 Å². The van der Waals surface area contributed by atoms with Gasteiger partial charge in [0.2, 0.25) is 5.88 Å². The molecule has 1 N–H and O–H groups in total. The minimum absolute atomic E-state index is 0.0590. The van der Waals surface area contributed by atoms with Gasteiger partial charge in [-0.25, -0.2) is 9.78 Å². The molecule has 104 valence electrons. The molecule has 1 aromatic heterocycles. The Kier molecular flexibility index (Phi) is 4.03. The smallest absolute Gasteiger partial charge is 0.341 e. The van der Waals surface area contributed by atoms with Crippen molar-refractivity contribution in [1.29, 1.82) is 0 Å². The molecule has 0 aliphatic heterocycles. The van der Waals surface area contributed by atoms with E-state index >= 15 is 0 Å². The van der Waals surface area contributed by atoms with Crippen molar-refractivity contribution in [2.45, 2.75) is 26.7 Å². The van der Waals surface area contributed by atoms with Crippen molar-refractivity contribution >= 4 is 5.97 Å². The van der Waals surface area contributed by atoms with E-state index < -0.39 is 5.97 Å². The van der Waals surface area contributed by atoms with Gasteiger partial charge in [0, 0.05) is 6.20 Å². The number of carboxylic acid groups (broad SMARTS) is 1. The Morgan fingerprint density at radius 2 is 2.05 bits per heavy atom. The molecule has 0 unspecified atom stereocenters. The molecular formula is C16H17NO3. The monoisotopic (exact) mass is 271 g/mol. The van der Waals surface area contributed by atoms with Crippen LogP contribution in [0.3, 0.4) is 0 Å². The molecular weight excluding hydrogens is 254 g/mol. The third-order valence-corrected chi connectivity index (χ3v) is 3.00. The predicted molar refractivity (Wildman–Crippen MR) is 76.5 cm³/mol. The van der Waals surface area contributed by atoms with Gasteiger partial charge in [0.05, 0.1) is 0 Å². The van der Waals surface area contributed by atoms with Crippen molar-refractivity contribution in [2.24, 2.45) is 0 Å². The highest BCUT2D eigenvalue weighted by atomic mass is 16.5. The molecule has 0 bridgehead atoms. The number of aryl methyl sites for hydroxylation is 1. The van der Waals surface area contributed by atoms with Crippen LogP contribution in [-0.2, 0) is 0 Å². The summed E-state index contributed by atoms with van der Waals surface area (Å²) in [5, 5.41) is 9.16. The maximum Gasteiger partial charge on any atom is 0.341 e. The maximum atomic E-state index is 11.2. The fourth-order valence-electron chi connectivity index (χ4n) is 1.95. The lowest BCUT2D eigenvalue weighted by atomic mass is 10.0. The van der Waals surface area contributed by atoms with Crippen molar-refractivity contribution in [3.8, 4) is 11.6 Å². The molecule has 4 heteroatoms. The van der Waals surface area contributed by atoms with Crippen LogP contribution in [0.1, 0.15) is 41.3 Å². The molecule has 0 saturated carbocycles. The summed E-state index contributed by atoms with van der Waals surface area (Å²) >= 11 is 0. The number of pyridine rings is 1. The number of rotatable bonds is 4. The SMILES string of the molecule is Cc1ccc(C(C)C)c(Oc2ncccc2C(=O)O)c1. The summed E-state index contributed by atoms with van der Waals surface area (Å²) in [7, 11) is 0. The van der Waals surface area contributed by atoms with Crippen molar-refractivity contribution in [3.63, 3.8) is 0 Å². The van der Waals surface area contributed by atoms with E-state index in [4.69, 9.17) is 9.84 Å². The van der Waals surface area contributed by atoms with Crippen LogP contribution in [0.5, 0.6) is 11.6 Å². The highest BCUT2D eigenvalue weighted by Gasteiger charge is 2.15. The number of carboxylic acids is 1. The summed E-state index contributed by atoms with van der Waals surface area (Å²) in [6.07, 6.45) is 1.52. The third-order valence-electron chi connectivity index (χ3n) is 3.00. The first-order chi connectivity index (χ1) is 9.49. The number of aromatic nitrogens is 1. The number of carbonyl (C=O) groups is 1. The predicted octanol–water partition coefficient (Wildman–Crippen LogP) is 4.00. The molecule has 0 atom stereocenters. The zero-order valence-corrected chi connectivity index (χ0v) is 11.8. The van der Waals surface area contributed by atoms with E-state index in [1.165, 1.54) is 12.3 Å². The second-order valence-electron chi connectivity index (χ2n) is 4.96. The van der Waals surface area contributed by atoms with Crippen molar-refractivity contribution in [1.82, 2.24) is 4.98 Å². The zero-order chi connectivity index (χ0) is 14.7. The Labute approximate surface area is 118 Å². The minimum Gasteiger partial charge on any atom is -0.477 e. The summed E-state index contributed by atoms with van der Waals surface area (Å²) < 4.78 is 5.75. The molecule has 2 rings (SSSR count). The van der Waals surface area contributed by atoms with Gasteiger partial charge in [0.25, 0.3) is 0 Å². The van der Waals surface area contributed by atoms with Gasteiger partial charge in [-0.15, -0.1) is 0 Å². The van der Waals surface area contributed by atoms with Gasteiger partial charge in [0.1, 0.15) is 11.3 Å². The average Bonchev–Trinajstić information content (AvgIpc) is 2.38. The van der Waals surface area contributed by atoms with Crippen LogP contribution in [0.25, 0.3) is 0 Å². The van der Waals surface area contributed by atoms with Crippen LogP contribution in [-0.4, -0.2) is 16.1 Å². The Balaban J connectivity index is 2.45. The number of benzene rings is 1. The van der Waals surface area contributed by atoms with E-state index in [9.17, 15) is 4.79 Å². The molecule has 2 aromatic rings. The number of nitrogens with zero attached hydrogens (tertiary/aromatic N) is 1. The molecule has 4 nitrogen and oxygen atoms in total. The summed E-state index contributed by atoms with van der Waals surface area (Å²) in [6.45, 7) is 6.09. The van der Waals surface area contributed by atoms with Crippen molar-refractivity contribution in [3.05, 3.63) is 53.2 Å². The normalized spacial score (nSPS) is 10.6. The topological polar surface area (TPSA) is 59.4 Å². The van der Waals surface area contributed by atoms with Crippen LogP contribution in [0.15, 0.2) is 36.5 Å². The van der Waals surface area contributed by atoms with Crippen LogP contribution < -0.4 is 4.74 Å². The van der Waals surface area contributed by atoms with E-state index in [2.05, 4.69) is 18.8 Å². The number of hydrogen-bond donors (Lipinski definition) is 1. The highest BCUT2D eigenvalue weighted by molar-refractivity contribution is 5.90. The molecule has 0 amide bonds. The molecule has 1 aromatic carbocycles. The number of ether oxygens (including phenoxy) is 1. The summed E-state index contributed by atoms with van der Waals surface area (Å²) in [5.74, 6) is 0.00291. The Morgan fingerprint density at radius 1 is 1.30 bits per heavy atom. The van der Waals surface area contributed by atoms with Crippen LogP contribution in [0, 0.1) is 6.92 Å². The molecule has 0 radical (unpaired) electrons. The molecule has 20 heavy (non-hydrogen) atoms. The first-order valence-electron chi connectivity index (χ1n) is 6.45. The summed E-state index contributed by atoms with van der Waals surface area (Å²) in [5.41, 5.74) is 2.14. The van der Waals surface area contributed by atoms with Gasteiger partial charge >= 0.3 is 5.97 Å². The van der Waals surface area contributed by atoms with Gasteiger partial charge in [0.15, 0.2) is 0 Å². The first kappa shape index (κ1) is 14.1. The van der Waals surface area contributed by atoms with Gasteiger partial charge < -0.3 is 9.84 Å². The summed E-state index contributed by atoms with van der Waals surface area (Å²) in [6, 6.07) is 8.97. The van der Waals surface area contributed by atoms with Gasteiger partial charge in [-0.2, -0.15) is 0 Å². The lowest BCUT2D eigenvalue weighted by molar-refractivity contribution is 0.0693. The third kappa shape index (κ3) is 2.96. The van der Waals surface area contributed by atoms with Crippen LogP contribution >= 0.6 is 0 Å². The molecule has 1 heterocycles.